The second-order valence-corrected chi connectivity index (χ2v) is 5.31. The summed E-state index contributed by atoms with van der Waals surface area (Å²) in [4.78, 5) is 24.4. The van der Waals surface area contributed by atoms with Crippen LogP contribution < -0.4 is 5.32 Å². The SMILES string of the molecule is CCC1(NC(=O)N2CC(O)CC2C(=O)O)CCC1. The van der Waals surface area contributed by atoms with E-state index < -0.39 is 18.1 Å². The highest BCUT2D eigenvalue weighted by Crippen LogP contribution is 2.35. The summed E-state index contributed by atoms with van der Waals surface area (Å²) in [6, 6.07) is -1.27. The standard InChI is InChI=1S/C12H20N2O4/c1-2-12(4-3-5-12)13-11(18)14-7-8(15)6-9(14)10(16)17/h8-9,15H,2-7H2,1H3,(H,13,18)(H,16,17). The zero-order valence-corrected chi connectivity index (χ0v) is 10.6. The average Bonchev–Trinajstić information content (AvgIpc) is 2.66. The van der Waals surface area contributed by atoms with E-state index in [1.54, 1.807) is 0 Å². The van der Waals surface area contributed by atoms with Gasteiger partial charge in [0.15, 0.2) is 0 Å². The molecule has 6 nitrogen and oxygen atoms in total. The zero-order chi connectivity index (χ0) is 13.3. The number of aliphatic hydroxyl groups excluding tert-OH is 1. The number of likely N-dealkylation sites (tertiary alicyclic amines) is 1. The molecule has 2 fully saturated rings. The number of carboxylic acid groups (broad SMARTS) is 1. The summed E-state index contributed by atoms with van der Waals surface area (Å²) in [6.45, 7) is 2.12. The van der Waals surface area contributed by atoms with E-state index in [0.29, 0.717) is 0 Å². The highest BCUT2D eigenvalue weighted by molar-refractivity contribution is 5.84. The highest BCUT2D eigenvalue weighted by Gasteiger charge is 2.43. The van der Waals surface area contributed by atoms with Crippen LogP contribution in [0.2, 0.25) is 0 Å². The van der Waals surface area contributed by atoms with Crippen molar-refractivity contribution in [3.8, 4) is 0 Å². The highest BCUT2D eigenvalue weighted by atomic mass is 16.4. The van der Waals surface area contributed by atoms with Crippen LogP contribution in [0.3, 0.4) is 0 Å². The molecule has 0 aromatic heterocycles. The van der Waals surface area contributed by atoms with E-state index in [4.69, 9.17) is 5.11 Å². The van der Waals surface area contributed by atoms with Crippen LogP contribution >= 0.6 is 0 Å². The van der Waals surface area contributed by atoms with Crippen molar-refractivity contribution >= 4 is 12.0 Å². The van der Waals surface area contributed by atoms with Gasteiger partial charge in [-0.2, -0.15) is 0 Å². The van der Waals surface area contributed by atoms with Crippen LogP contribution in [0.1, 0.15) is 39.0 Å². The van der Waals surface area contributed by atoms with Crippen molar-refractivity contribution in [3.63, 3.8) is 0 Å². The zero-order valence-electron chi connectivity index (χ0n) is 10.6. The van der Waals surface area contributed by atoms with Gasteiger partial charge >= 0.3 is 12.0 Å². The summed E-state index contributed by atoms with van der Waals surface area (Å²) < 4.78 is 0. The van der Waals surface area contributed by atoms with E-state index in [-0.39, 0.29) is 24.5 Å². The van der Waals surface area contributed by atoms with Gasteiger partial charge in [0.25, 0.3) is 0 Å². The molecule has 1 saturated heterocycles. The van der Waals surface area contributed by atoms with Crippen molar-refractivity contribution in [1.82, 2.24) is 10.2 Å². The molecule has 2 aliphatic rings. The first-order valence-electron chi connectivity index (χ1n) is 6.47. The lowest BCUT2D eigenvalue weighted by Gasteiger charge is -2.43. The predicted molar refractivity (Wildman–Crippen MR) is 64.2 cm³/mol. The molecular formula is C12H20N2O4. The Morgan fingerprint density at radius 1 is 1.44 bits per heavy atom. The Bertz CT molecular complexity index is 348. The van der Waals surface area contributed by atoms with Gasteiger partial charge in [-0.1, -0.05) is 6.92 Å². The third-order valence-corrected chi connectivity index (χ3v) is 4.18. The summed E-state index contributed by atoms with van der Waals surface area (Å²) in [7, 11) is 0. The fourth-order valence-electron chi connectivity index (χ4n) is 2.74. The van der Waals surface area contributed by atoms with Crippen molar-refractivity contribution in [2.75, 3.05) is 6.54 Å². The number of carbonyl (C=O) groups is 2. The minimum atomic E-state index is -1.05. The van der Waals surface area contributed by atoms with Gasteiger partial charge < -0.3 is 20.4 Å². The molecule has 3 N–H and O–H groups in total. The smallest absolute Gasteiger partial charge is 0.326 e. The second-order valence-electron chi connectivity index (χ2n) is 5.31. The maximum atomic E-state index is 12.1. The molecule has 1 aliphatic heterocycles. The number of carbonyl (C=O) groups excluding carboxylic acids is 1. The molecule has 0 aromatic rings. The predicted octanol–water partition coefficient (Wildman–Crippen LogP) is 0.548. The number of hydrogen-bond acceptors (Lipinski definition) is 3. The van der Waals surface area contributed by atoms with E-state index in [0.717, 1.165) is 25.7 Å². The summed E-state index contributed by atoms with van der Waals surface area (Å²) in [5, 5.41) is 21.5. The number of β-amino-alcohol motifs (C(OH)–C–C–N with tert-alkyl or cyclic N) is 1. The molecule has 2 amide bonds. The van der Waals surface area contributed by atoms with Crippen molar-refractivity contribution in [1.29, 1.82) is 0 Å². The van der Waals surface area contributed by atoms with Crippen molar-refractivity contribution in [2.45, 2.75) is 56.7 Å². The fraction of sp³-hybridized carbons (Fsp3) is 0.833. The first kappa shape index (κ1) is 13.1. The molecule has 2 rings (SSSR count). The Morgan fingerprint density at radius 3 is 2.56 bits per heavy atom. The van der Waals surface area contributed by atoms with Crippen molar-refractivity contribution in [2.24, 2.45) is 0 Å². The van der Waals surface area contributed by atoms with Gasteiger partial charge in [-0.25, -0.2) is 9.59 Å². The molecule has 2 unspecified atom stereocenters. The minimum absolute atomic E-state index is 0.0998. The molecule has 0 bridgehead atoms. The molecule has 0 aromatic carbocycles. The normalized spacial score (nSPS) is 29.8. The second kappa shape index (κ2) is 4.76. The number of rotatable bonds is 3. The van der Waals surface area contributed by atoms with E-state index in [9.17, 15) is 14.7 Å². The molecule has 102 valence electrons. The number of aliphatic carboxylic acids is 1. The van der Waals surface area contributed by atoms with Gasteiger partial charge in [0.1, 0.15) is 6.04 Å². The lowest BCUT2D eigenvalue weighted by molar-refractivity contribution is -0.141. The molecular weight excluding hydrogens is 236 g/mol. The number of nitrogens with zero attached hydrogens (tertiary/aromatic N) is 1. The molecule has 18 heavy (non-hydrogen) atoms. The first-order valence-corrected chi connectivity index (χ1v) is 6.47. The van der Waals surface area contributed by atoms with Gasteiger partial charge in [0.05, 0.1) is 6.10 Å². The van der Waals surface area contributed by atoms with E-state index in [1.807, 2.05) is 6.92 Å². The van der Waals surface area contributed by atoms with Crippen LogP contribution in [0.25, 0.3) is 0 Å². The lowest BCUT2D eigenvalue weighted by atomic mass is 9.75. The molecule has 1 saturated carbocycles. The minimum Gasteiger partial charge on any atom is -0.480 e. The summed E-state index contributed by atoms with van der Waals surface area (Å²) in [5.74, 6) is -1.05. The fourth-order valence-corrected chi connectivity index (χ4v) is 2.74. The van der Waals surface area contributed by atoms with Crippen LogP contribution in [0.15, 0.2) is 0 Å². The average molecular weight is 256 g/mol. The van der Waals surface area contributed by atoms with Gasteiger partial charge in [0.2, 0.25) is 0 Å². The monoisotopic (exact) mass is 256 g/mol. The molecule has 0 radical (unpaired) electrons. The Morgan fingerprint density at radius 2 is 2.11 bits per heavy atom. The first-order chi connectivity index (χ1) is 8.47. The third-order valence-electron chi connectivity index (χ3n) is 4.18. The van der Waals surface area contributed by atoms with E-state index in [2.05, 4.69) is 5.32 Å². The van der Waals surface area contributed by atoms with Crippen LogP contribution in [-0.2, 0) is 4.79 Å². The number of aliphatic hydroxyl groups is 1. The number of hydrogen-bond donors (Lipinski definition) is 3. The Kier molecular flexibility index (Phi) is 3.47. The molecule has 2 atom stereocenters. The van der Waals surface area contributed by atoms with Gasteiger partial charge in [-0.05, 0) is 25.7 Å². The van der Waals surface area contributed by atoms with Gasteiger partial charge in [-0.3, -0.25) is 0 Å². The van der Waals surface area contributed by atoms with Crippen molar-refractivity contribution < 1.29 is 19.8 Å². The largest absolute Gasteiger partial charge is 0.480 e. The van der Waals surface area contributed by atoms with Gasteiger partial charge in [-0.15, -0.1) is 0 Å². The number of amides is 2. The lowest BCUT2D eigenvalue weighted by Crippen LogP contribution is -2.58. The van der Waals surface area contributed by atoms with E-state index >= 15 is 0 Å². The third kappa shape index (κ3) is 2.29. The van der Waals surface area contributed by atoms with Gasteiger partial charge in [0, 0.05) is 18.5 Å². The number of carboxylic acids is 1. The molecule has 1 heterocycles. The van der Waals surface area contributed by atoms with Crippen LogP contribution in [0, 0.1) is 0 Å². The number of nitrogens with one attached hydrogen (secondary N) is 1. The quantitative estimate of drug-likeness (QED) is 0.687. The Balaban J connectivity index is 2.01. The summed E-state index contributed by atoms with van der Waals surface area (Å²) in [6.07, 6.45) is 3.22. The van der Waals surface area contributed by atoms with Crippen LogP contribution in [0.4, 0.5) is 4.79 Å². The Labute approximate surface area is 106 Å². The maximum absolute atomic E-state index is 12.1. The number of urea groups is 1. The summed E-state index contributed by atoms with van der Waals surface area (Å²) >= 11 is 0. The molecule has 0 spiro atoms. The maximum Gasteiger partial charge on any atom is 0.326 e. The van der Waals surface area contributed by atoms with Crippen molar-refractivity contribution in [3.05, 3.63) is 0 Å². The van der Waals surface area contributed by atoms with Crippen LogP contribution in [-0.4, -0.2) is 51.3 Å². The molecule has 6 heteroatoms. The van der Waals surface area contributed by atoms with Crippen LogP contribution in [0.5, 0.6) is 0 Å². The summed E-state index contributed by atoms with van der Waals surface area (Å²) in [5.41, 5.74) is -0.159. The molecule has 1 aliphatic carbocycles. The topological polar surface area (TPSA) is 89.9 Å². The van der Waals surface area contributed by atoms with E-state index in [1.165, 1.54) is 4.90 Å². The Hall–Kier alpha value is -1.30.